The number of amides is 2. The summed E-state index contributed by atoms with van der Waals surface area (Å²) in [4.78, 5) is 28.8. The third kappa shape index (κ3) is 2.55. The van der Waals surface area contributed by atoms with Crippen molar-refractivity contribution in [3.05, 3.63) is 28.8 Å². The van der Waals surface area contributed by atoms with E-state index in [9.17, 15) is 9.59 Å². The summed E-state index contributed by atoms with van der Waals surface area (Å²) < 4.78 is 5.33. The van der Waals surface area contributed by atoms with Crippen molar-refractivity contribution in [2.24, 2.45) is 0 Å². The summed E-state index contributed by atoms with van der Waals surface area (Å²) in [5, 5.41) is 0. The summed E-state index contributed by atoms with van der Waals surface area (Å²) in [7, 11) is 0. The minimum Gasteiger partial charge on any atom is -0.379 e. The van der Waals surface area contributed by atoms with Crippen LogP contribution in [0.2, 0.25) is 0 Å². The molecular formula is C17H22N2O3. The van der Waals surface area contributed by atoms with Gasteiger partial charge in [-0.2, -0.15) is 0 Å². The number of hydrogen-bond acceptors (Lipinski definition) is 4. The standard InChI is InChI=1S/C17H22N2O3/c1-11-8-12(2)16(13(3)9-11)19-15(20)10-14(17(19)21)18-4-6-22-7-5-18/h8-9,14H,4-7,10H2,1-3H3. The van der Waals surface area contributed by atoms with E-state index in [0.29, 0.717) is 26.3 Å². The minimum absolute atomic E-state index is 0.0954. The van der Waals surface area contributed by atoms with E-state index in [1.807, 2.05) is 32.9 Å². The SMILES string of the molecule is Cc1cc(C)c(N2C(=O)CC(N3CCOCC3)C2=O)c(C)c1. The van der Waals surface area contributed by atoms with Crippen LogP contribution < -0.4 is 4.90 Å². The van der Waals surface area contributed by atoms with Gasteiger partial charge in [-0.3, -0.25) is 14.5 Å². The molecule has 2 amide bonds. The molecule has 5 heteroatoms. The van der Waals surface area contributed by atoms with Gasteiger partial charge in [0.2, 0.25) is 5.91 Å². The van der Waals surface area contributed by atoms with Gasteiger partial charge < -0.3 is 4.74 Å². The molecule has 1 aromatic rings. The molecule has 5 nitrogen and oxygen atoms in total. The molecule has 118 valence electrons. The zero-order valence-electron chi connectivity index (χ0n) is 13.4. The Hall–Kier alpha value is -1.72. The Bertz CT molecular complexity index is 597. The third-order valence-electron chi connectivity index (χ3n) is 4.47. The number of rotatable bonds is 2. The van der Waals surface area contributed by atoms with Crippen molar-refractivity contribution >= 4 is 17.5 Å². The minimum atomic E-state index is -0.337. The molecule has 0 bridgehead atoms. The zero-order valence-corrected chi connectivity index (χ0v) is 13.4. The van der Waals surface area contributed by atoms with Crippen molar-refractivity contribution in [2.75, 3.05) is 31.2 Å². The molecule has 0 N–H and O–H groups in total. The van der Waals surface area contributed by atoms with Crippen LogP contribution in [0.15, 0.2) is 12.1 Å². The number of anilines is 1. The van der Waals surface area contributed by atoms with Crippen LogP contribution in [-0.2, 0) is 14.3 Å². The summed E-state index contributed by atoms with van der Waals surface area (Å²) in [6, 6.07) is 3.70. The van der Waals surface area contributed by atoms with Gasteiger partial charge in [-0.05, 0) is 31.9 Å². The van der Waals surface area contributed by atoms with Crippen LogP contribution in [0, 0.1) is 20.8 Å². The van der Waals surface area contributed by atoms with Crippen LogP contribution >= 0.6 is 0 Å². The second kappa shape index (κ2) is 5.82. The molecule has 0 aliphatic carbocycles. The first-order chi connectivity index (χ1) is 10.5. The number of hydrogen-bond donors (Lipinski definition) is 0. The Morgan fingerprint density at radius 3 is 2.23 bits per heavy atom. The molecular weight excluding hydrogens is 280 g/mol. The number of benzene rings is 1. The average Bonchev–Trinajstić information content (AvgIpc) is 2.75. The highest BCUT2D eigenvalue weighted by atomic mass is 16.5. The van der Waals surface area contributed by atoms with E-state index < -0.39 is 0 Å². The summed E-state index contributed by atoms with van der Waals surface area (Å²) >= 11 is 0. The van der Waals surface area contributed by atoms with Gasteiger partial charge in [-0.25, -0.2) is 4.90 Å². The molecule has 2 fully saturated rings. The molecule has 0 saturated carbocycles. The molecule has 22 heavy (non-hydrogen) atoms. The lowest BCUT2D eigenvalue weighted by molar-refractivity contribution is -0.123. The van der Waals surface area contributed by atoms with Gasteiger partial charge >= 0.3 is 0 Å². The number of ether oxygens (including phenoxy) is 1. The monoisotopic (exact) mass is 302 g/mol. The molecule has 2 heterocycles. The number of carbonyl (C=O) groups excluding carboxylic acids is 2. The van der Waals surface area contributed by atoms with Crippen LogP contribution in [0.4, 0.5) is 5.69 Å². The largest absolute Gasteiger partial charge is 0.379 e. The van der Waals surface area contributed by atoms with E-state index in [1.54, 1.807) is 0 Å². The smallest absolute Gasteiger partial charge is 0.251 e. The van der Waals surface area contributed by atoms with Crippen molar-refractivity contribution < 1.29 is 14.3 Å². The van der Waals surface area contributed by atoms with E-state index in [2.05, 4.69) is 4.90 Å². The predicted octanol–water partition coefficient (Wildman–Crippen LogP) is 1.58. The van der Waals surface area contributed by atoms with E-state index in [4.69, 9.17) is 4.74 Å². The van der Waals surface area contributed by atoms with Crippen molar-refractivity contribution in [3.8, 4) is 0 Å². The topological polar surface area (TPSA) is 49.9 Å². The van der Waals surface area contributed by atoms with Crippen molar-refractivity contribution in [2.45, 2.75) is 33.2 Å². The fourth-order valence-corrected chi connectivity index (χ4v) is 3.55. The third-order valence-corrected chi connectivity index (χ3v) is 4.47. The lowest BCUT2D eigenvalue weighted by atomic mass is 10.0. The number of aryl methyl sites for hydroxylation is 3. The molecule has 1 atom stereocenters. The van der Waals surface area contributed by atoms with Crippen molar-refractivity contribution in [3.63, 3.8) is 0 Å². The lowest BCUT2D eigenvalue weighted by Crippen LogP contribution is -2.47. The van der Waals surface area contributed by atoms with Crippen LogP contribution in [-0.4, -0.2) is 49.1 Å². The highest BCUT2D eigenvalue weighted by Crippen LogP contribution is 2.32. The molecule has 0 radical (unpaired) electrons. The lowest BCUT2D eigenvalue weighted by Gasteiger charge is -2.30. The number of nitrogens with zero attached hydrogens (tertiary/aromatic N) is 2. The Morgan fingerprint density at radius 2 is 1.64 bits per heavy atom. The van der Waals surface area contributed by atoms with Gasteiger partial charge in [0.1, 0.15) is 0 Å². The van der Waals surface area contributed by atoms with Gasteiger partial charge in [0, 0.05) is 13.1 Å². The molecule has 3 rings (SSSR count). The molecule has 2 aliphatic rings. The fraction of sp³-hybridized carbons (Fsp3) is 0.529. The van der Waals surface area contributed by atoms with Gasteiger partial charge in [0.15, 0.2) is 0 Å². The predicted molar refractivity (Wildman–Crippen MR) is 83.9 cm³/mol. The first-order valence-corrected chi connectivity index (χ1v) is 7.75. The zero-order chi connectivity index (χ0) is 15.9. The molecule has 2 aliphatic heterocycles. The highest BCUT2D eigenvalue weighted by Gasteiger charge is 2.43. The Kier molecular flexibility index (Phi) is 4.02. The maximum Gasteiger partial charge on any atom is 0.251 e. The second-order valence-corrected chi connectivity index (χ2v) is 6.18. The summed E-state index contributed by atoms with van der Waals surface area (Å²) in [5.41, 5.74) is 3.85. The summed E-state index contributed by atoms with van der Waals surface area (Å²) in [6.07, 6.45) is 0.269. The molecule has 1 aromatic carbocycles. The Morgan fingerprint density at radius 1 is 1.05 bits per heavy atom. The number of morpholine rings is 1. The van der Waals surface area contributed by atoms with E-state index >= 15 is 0 Å². The number of carbonyl (C=O) groups is 2. The van der Waals surface area contributed by atoms with Gasteiger partial charge in [-0.1, -0.05) is 17.7 Å². The molecule has 0 aromatic heterocycles. The van der Waals surface area contributed by atoms with Gasteiger partial charge in [-0.15, -0.1) is 0 Å². The summed E-state index contributed by atoms with van der Waals surface area (Å²) in [6.45, 7) is 8.61. The summed E-state index contributed by atoms with van der Waals surface area (Å²) in [5.74, 6) is -0.196. The van der Waals surface area contributed by atoms with Crippen LogP contribution in [0.1, 0.15) is 23.1 Å². The van der Waals surface area contributed by atoms with E-state index in [1.165, 1.54) is 4.90 Å². The van der Waals surface area contributed by atoms with Crippen LogP contribution in [0.25, 0.3) is 0 Å². The normalized spacial score (nSPS) is 23.4. The van der Waals surface area contributed by atoms with Gasteiger partial charge in [0.25, 0.3) is 5.91 Å². The van der Waals surface area contributed by atoms with Crippen molar-refractivity contribution in [1.29, 1.82) is 0 Å². The maximum absolute atomic E-state index is 12.8. The maximum atomic E-state index is 12.8. The highest BCUT2D eigenvalue weighted by molar-refractivity contribution is 6.23. The van der Waals surface area contributed by atoms with E-state index in [-0.39, 0.29) is 24.3 Å². The first kappa shape index (κ1) is 15.2. The average molecular weight is 302 g/mol. The molecule has 1 unspecified atom stereocenters. The Labute approximate surface area is 130 Å². The molecule has 0 spiro atoms. The Balaban J connectivity index is 1.92. The number of imide groups is 1. The quantitative estimate of drug-likeness (QED) is 0.778. The van der Waals surface area contributed by atoms with Crippen molar-refractivity contribution in [1.82, 2.24) is 4.90 Å². The van der Waals surface area contributed by atoms with Crippen LogP contribution in [0.5, 0.6) is 0 Å². The second-order valence-electron chi connectivity index (χ2n) is 6.18. The fourth-order valence-electron chi connectivity index (χ4n) is 3.55. The molecule has 2 saturated heterocycles. The van der Waals surface area contributed by atoms with Gasteiger partial charge in [0.05, 0.1) is 31.4 Å². The van der Waals surface area contributed by atoms with Crippen LogP contribution in [0.3, 0.4) is 0 Å². The first-order valence-electron chi connectivity index (χ1n) is 7.75. The van der Waals surface area contributed by atoms with E-state index in [0.717, 1.165) is 22.4 Å².